The van der Waals surface area contributed by atoms with Crippen molar-refractivity contribution >= 4 is 34.8 Å². The lowest BCUT2D eigenvalue weighted by Crippen LogP contribution is -2.37. The number of carbonyl (C=O) groups is 2. The third-order valence-electron chi connectivity index (χ3n) is 4.57. The van der Waals surface area contributed by atoms with E-state index in [1.807, 2.05) is 19.1 Å². The van der Waals surface area contributed by atoms with Crippen molar-refractivity contribution in [2.45, 2.75) is 33.1 Å². The Morgan fingerprint density at radius 2 is 1.62 bits per heavy atom. The van der Waals surface area contributed by atoms with Crippen LogP contribution in [0.5, 0.6) is 0 Å². The first-order valence-corrected chi connectivity index (χ1v) is 10.1. The fourth-order valence-electron chi connectivity index (χ4n) is 2.96. The van der Waals surface area contributed by atoms with Crippen LogP contribution in [0.2, 0.25) is 0 Å². The number of amides is 2. The van der Waals surface area contributed by atoms with Crippen LogP contribution in [-0.4, -0.2) is 35.9 Å². The van der Waals surface area contributed by atoms with Gasteiger partial charge in [-0.1, -0.05) is 50.2 Å². The van der Waals surface area contributed by atoms with Gasteiger partial charge in [-0.15, -0.1) is 0 Å². The van der Waals surface area contributed by atoms with E-state index in [2.05, 4.69) is 36.6 Å². The average molecular weight is 412 g/mol. The van der Waals surface area contributed by atoms with E-state index in [9.17, 15) is 9.59 Å². The maximum Gasteiger partial charge on any atom is 0.255 e. The highest BCUT2D eigenvalue weighted by Crippen LogP contribution is 2.19. The topological polar surface area (TPSA) is 61.4 Å². The monoisotopic (exact) mass is 411 g/mol. The van der Waals surface area contributed by atoms with Gasteiger partial charge in [-0.25, -0.2) is 0 Å². The van der Waals surface area contributed by atoms with Crippen LogP contribution >= 0.6 is 12.2 Å². The molecule has 2 aromatic rings. The van der Waals surface area contributed by atoms with Crippen LogP contribution in [0.25, 0.3) is 0 Å². The molecule has 2 amide bonds. The Morgan fingerprint density at radius 1 is 1.00 bits per heavy atom. The summed E-state index contributed by atoms with van der Waals surface area (Å²) >= 11 is 5.29. The molecule has 1 atom stereocenters. The normalized spacial score (nSPS) is 11.7. The van der Waals surface area contributed by atoms with Crippen molar-refractivity contribution in [3.05, 3.63) is 65.2 Å². The van der Waals surface area contributed by atoms with Crippen molar-refractivity contribution in [1.29, 1.82) is 0 Å². The van der Waals surface area contributed by atoms with Crippen LogP contribution in [-0.2, 0) is 11.2 Å². The fourth-order valence-corrected chi connectivity index (χ4v) is 3.17. The van der Waals surface area contributed by atoms with Gasteiger partial charge in [0.15, 0.2) is 5.11 Å². The number of nitrogens with one attached hydrogen (secondary N) is 2. The summed E-state index contributed by atoms with van der Waals surface area (Å²) in [6.45, 7) is 6.21. The predicted molar refractivity (Wildman–Crippen MR) is 122 cm³/mol. The molecule has 2 rings (SSSR count). The van der Waals surface area contributed by atoms with Gasteiger partial charge in [0.05, 0.1) is 17.2 Å². The Kier molecular flexibility index (Phi) is 7.91. The quantitative estimate of drug-likeness (QED) is 0.699. The summed E-state index contributed by atoms with van der Waals surface area (Å²) in [4.78, 5) is 26.4. The average Bonchev–Trinajstić information content (AvgIpc) is 2.67. The molecule has 0 spiro atoms. The Hall–Kier alpha value is -2.73. The first-order valence-electron chi connectivity index (χ1n) is 9.70. The SMILES string of the molecule is CC(C)Cc1ccc(C(C)C(=O)NC(=S)Nc2ccccc2C(=O)N(C)C)cc1. The zero-order valence-electron chi connectivity index (χ0n) is 17.7. The molecule has 0 aromatic heterocycles. The summed E-state index contributed by atoms with van der Waals surface area (Å²) in [5.74, 6) is -0.0959. The van der Waals surface area contributed by atoms with Crippen LogP contribution in [0.1, 0.15) is 48.2 Å². The number of benzene rings is 2. The number of rotatable bonds is 6. The van der Waals surface area contributed by atoms with E-state index in [-0.39, 0.29) is 22.8 Å². The number of para-hydroxylation sites is 1. The molecule has 1 unspecified atom stereocenters. The first kappa shape index (κ1) is 22.6. The van der Waals surface area contributed by atoms with Crippen molar-refractivity contribution in [1.82, 2.24) is 10.2 Å². The van der Waals surface area contributed by atoms with Crippen LogP contribution in [0.3, 0.4) is 0 Å². The van der Waals surface area contributed by atoms with E-state index in [1.54, 1.807) is 38.4 Å². The van der Waals surface area contributed by atoms with E-state index in [4.69, 9.17) is 12.2 Å². The molecular formula is C23H29N3O2S. The molecule has 0 bridgehead atoms. The molecule has 6 heteroatoms. The van der Waals surface area contributed by atoms with E-state index in [0.29, 0.717) is 17.2 Å². The molecule has 0 saturated heterocycles. The smallest absolute Gasteiger partial charge is 0.255 e. The maximum atomic E-state index is 12.6. The molecule has 0 heterocycles. The third kappa shape index (κ3) is 6.39. The zero-order chi connectivity index (χ0) is 21.6. The summed E-state index contributed by atoms with van der Waals surface area (Å²) in [6.07, 6.45) is 1.01. The van der Waals surface area contributed by atoms with Gasteiger partial charge in [-0.2, -0.15) is 0 Å². The molecule has 0 aliphatic rings. The lowest BCUT2D eigenvalue weighted by Gasteiger charge is -2.17. The van der Waals surface area contributed by atoms with Gasteiger partial charge < -0.3 is 15.5 Å². The molecule has 0 radical (unpaired) electrons. The zero-order valence-corrected chi connectivity index (χ0v) is 18.5. The number of anilines is 1. The lowest BCUT2D eigenvalue weighted by molar-refractivity contribution is -0.120. The first-order chi connectivity index (χ1) is 13.7. The van der Waals surface area contributed by atoms with Gasteiger partial charge in [-0.05, 0) is 54.7 Å². The standard InChI is InChI=1S/C23H29N3O2S/c1-15(2)14-17-10-12-18(13-11-17)16(3)21(27)25-23(29)24-20-9-7-6-8-19(20)22(28)26(4)5/h6-13,15-16H,14H2,1-5H3,(H2,24,25,27,29). The van der Waals surface area contributed by atoms with Gasteiger partial charge in [0, 0.05) is 14.1 Å². The molecule has 2 N–H and O–H groups in total. The highest BCUT2D eigenvalue weighted by molar-refractivity contribution is 7.80. The van der Waals surface area contributed by atoms with Crippen LogP contribution < -0.4 is 10.6 Å². The Bertz CT molecular complexity index is 876. The minimum absolute atomic E-state index is 0.142. The number of hydrogen-bond donors (Lipinski definition) is 2. The summed E-state index contributed by atoms with van der Waals surface area (Å²) < 4.78 is 0. The van der Waals surface area contributed by atoms with Gasteiger partial charge in [0.25, 0.3) is 5.91 Å². The highest BCUT2D eigenvalue weighted by Gasteiger charge is 2.18. The number of hydrogen-bond acceptors (Lipinski definition) is 3. The molecule has 0 aliphatic heterocycles. The number of thiocarbonyl (C=S) groups is 1. The van der Waals surface area contributed by atoms with E-state index in [1.165, 1.54) is 10.5 Å². The Balaban J connectivity index is 2.02. The van der Waals surface area contributed by atoms with E-state index in [0.717, 1.165) is 12.0 Å². The van der Waals surface area contributed by atoms with Gasteiger partial charge >= 0.3 is 0 Å². The van der Waals surface area contributed by atoms with Crippen LogP contribution in [0.4, 0.5) is 5.69 Å². The summed E-state index contributed by atoms with van der Waals surface area (Å²) in [5.41, 5.74) is 3.24. The minimum Gasteiger partial charge on any atom is -0.345 e. The molecule has 154 valence electrons. The molecule has 5 nitrogen and oxygen atoms in total. The number of carbonyl (C=O) groups excluding carboxylic acids is 2. The summed E-state index contributed by atoms with van der Waals surface area (Å²) in [7, 11) is 3.38. The summed E-state index contributed by atoms with van der Waals surface area (Å²) in [6, 6.07) is 15.2. The van der Waals surface area contributed by atoms with Gasteiger partial charge in [0.2, 0.25) is 5.91 Å². The summed E-state index contributed by atoms with van der Waals surface area (Å²) in [5, 5.41) is 5.86. The molecule has 0 saturated carbocycles. The van der Waals surface area contributed by atoms with Gasteiger partial charge in [-0.3, -0.25) is 9.59 Å². The Morgan fingerprint density at radius 3 is 2.21 bits per heavy atom. The van der Waals surface area contributed by atoms with Crippen LogP contribution in [0, 0.1) is 5.92 Å². The maximum absolute atomic E-state index is 12.6. The Labute approximate surface area is 178 Å². The number of nitrogens with zero attached hydrogens (tertiary/aromatic N) is 1. The second-order valence-electron chi connectivity index (χ2n) is 7.75. The van der Waals surface area contributed by atoms with Crippen LogP contribution in [0.15, 0.2) is 48.5 Å². The molecule has 29 heavy (non-hydrogen) atoms. The van der Waals surface area contributed by atoms with E-state index >= 15 is 0 Å². The van der Waals surface area contributed by atoms with E-state index < -0.39 is 0 Å². The van der Waals surface area contributed by atoms with Gasteiger partial charge in [0.1, 0.15) is 0 Å². The highest BCUT2D eigenvalue weighted by atomic mass is 32.1. The fraction of sp³-hybridized carbons (Fsp3) is 0.348. The van der Waals surface area contributed by atoms with Crippen molar-refractivity contribution in [2.24, 2.45) is 5.92 Å². The molecule has 0 aliphatic carbocycles. The largest absolute Gasteiger partial charge is 0.345 e. The molecule has 2 aromatic carbocycles. The van der Waals surface area contributed by atoms with Crippen molar-refractivity contribution in [3.8, 4) is 0 Å². The third-order valence-corrected chi connectivity index (χ3v) is 4.77. The van der Waals surface area contributed by atoms with Crippen molar-refractivity contribution < 1.29 is 9.59 Å². The van der Waals surface area contributed by atoms with Crippen molar-refractivity contribution in [2.75, 3.05) is 19.4 Å². The second-order valence-corrected chi connectivity index (χ2v) is 8.16. The second kappa shape index (κ2) is 10.2. The predicted octanol–water partition coefficient (Wildman–Crippen LogP) is 4.20. The molecular weight excluding hydrogens is 382 g/mol. The minimum atomic E-state index is -0.346. The lowest BCUT2D eigenvalue weighted by atomic mass is 9.96. The molecule has 0 fully saturated rings. The van der Waals surface area contributed by atoms with Crippen molar-refractivity contribution in [3.63, 3.8) is 0 Å².